The zero-order valence-corrected chi connectivity index (χ0v) is 15.0. The fraction of sp³-hybridized carbons (Fsp3) is 0.500. The van der Waals surface area contributed by atoms with Crippen LogP contribution in [-0.2, 0) is 0 Å². The summed E-state index contributed by atoms with van der Waals surface area (Å²) < 4.78 is 0. The van der Waals surface area contributed by atoms with E-state index in [1.807, 2.05) is 10.3 Å². The Hall–Kier alpha value is -1.68. The Morgan fingerprint density at radius 2 is 1.88 bits per heavy atom. The Balaban J connectivity index is 1.48. The number of aromatic nitrogens is 1. The summed E-state index contributed by atoms with van der Waals surface area (Å²) in [7, 11) is 0. The van der Waals surface area contributed by atoms with E-state index in [1.54, 1.807) is 11.3 Å². The van der Waals surface area contributed by atoms with Gasteiger partial charge in [-0.25, -0.2) is 4.98 Å². The summed E-state index contributed by atoms with van der Waals surface area (Å²) in [5.74, 6) is 1.68. The SMILES string of the molecule is Cc1ccc(-c2nc(C(=O)N3CC[C@H]4CCCC[C@H]4C3)cs2)cc1. The van der Waals surface area contributed by atoms with Crippen molar-refractivity contribution < 1.29 is 4.79 Å². The Labute approximate surface area is 147 Å². The van der Waals surface area contributed by atoms with E-state index in [2.05, 4.69) is 36.2 Å². The second kappa shape index (κ2) is 6.67. The van der Waals surface area contributed by atoms with Crippen molar-refractivity contribution in [3.05, 3.63) is 40.9 Å². The van der Waals surface area contributed by atoms with Crippen molar-refractivity contribution >= 4 is 17.2 Å². The molecule has 1 aliphatic carbocycles. The average Bonchev–Trinajstić information content (AvgIpc) is 3.11. The number of hydrogen-bond acceptors (Lipinski definition) is 3. The second-order valence-corrected chi connectivity index (χ2v) is 8.11. The number of rotatable bonds is 2. The quantitative estimate of drug-likeness (QED) is 0.789. The Bertz CT molecular complexity index is 721. The lowest BCUT2D eigenvalue weighted by Crippen LogP contribution is -2.44. The van der Waals surface area contributed by atoms with Crippen molar-refractivity contribution in [3.8, 4) is 10.6 Å². The molecule has 0 radical (unpaired) electrons. The molecule has 1 aliphatic heterocycles. The fourth-order valence-corrected chi connectivity index (χ4v) is 4.95. The molecular formula is C20H24N2OS. The molecule has 126 valence electrons. The van der Waals surface area contributed by atoms with Crippen LogP contribution in [0.5, 0.6) is 0 Å². The Morgan fingerprint density at radius 3 is 2.67 bits per heavy atom. The summed E-state index contributed by atoms with van der Waals surface area (Å²) in [6.45, 7) is 3.91. The molecule has 1 saturated heterocycles. The van der Waals surface area contributed by atoms with Crippen LogP contribution in [0.15, 0.2) is 29.6 Å². The monoisotopic (exact) mass is 340 g/mol. The molecule has 3 nitrogen and oxygen atoms in total. The van der Waals surface area contributed by atoms with Gasteiger partial charge in [0, 0.05) is 24.0 Å². The molecule has 2 aliphatic rings. The molecule has 1 saturated carbocycles. The van der Waals surface area contributed by atoms with Crippen LogP contribution in [-0.4, -0.2) is 28.9 Å². The first-order valence-corrected chi connectivity index (χ1v) is 9.90. The average molecular weight is 340 g/mol. The van der Waals surface area contributed by atoms with Crippen LogP contribution in [0.2, 0.25) is 0 Å². The van der Waals surface area contributed by atoms with E-state index in [-0.39, 0.29) is 5.91 Å². The normalized spacial score (nSPS) is 23.8. The molecular weight excluding hydrogens is 316 g/mol. The van der Waals surface area contributed by atoms with Crippen molar-refractivity contribution in [1.29, 1.82) is 0 Å². The number of thiazole rings is 1. The molecule has 2 aromatic rings. The molecule has 2 atom stereocenters. The van der Waals surface area contributed by atoms with Crippen molar-refractivity contribution in [2.75, 3.05) is 13.1 Å². The van der Waals surface area contributed by atoms with Gasteiger partial charge < -0.3 is 4.90 Å². The molecule has 2 heterocycles. The predicted octanol–water partition coefficient (Wildman–Crippen LogP) is 4.77. The molecule has 4 heteroatoms. The molecule has 1 aromatic heterocycles. The number of likely N-dealkylation sites (tertiary alicyclic amines) is 1. The highest BCUT2D eigenvalue weighted by atomic mass is 32.1. The molecule has 4 rings (SSSR count). The van der Waals surface area contributed by atoms with Gasteiger partial charge in [-0.05, 0) is 31.6 Å². The lowest BCUT2D eigenvalue weighted by atomic mass is 9.75. The molecule has 0 spiro atoms. The molecule has 0 unspecified atom stereocenters. The number of carbonyl (C=O) groups is 1. The summed E-state index contributed by atoms with van der Waals surface area (Å²) in [6.07, 6.45) is 6.53. The van der Waals surface area contributed by atoms with Crippen molar-refractivity contribution in [3.63, 3.8) is 0 Å². The number of benzene rings is 1. The van der Waals surface area contributed by atoms with E-state index >= 15 is 0 Å². The highest BCUT2D eigenvalue weighted by Gasteiger charge is 2.33. The van der Waals surface area contributed by atoms with Gasteiger partial charge in [-0.2, -0.15) is 0 Å². The van der Waals surface area contributed by atoms with Gasteiger partial charge in [0.05, 0.1) is 0 Å². The highest BCUT2D eigenvalue weighted by molar-refractivity contribution is 7.13. The number of hydrogen-bond donors (Lipinski definition) is 0. The van der Waals surface area contributed by atoms with E-state index in [1.165, 1.54) is 37.7 Å². The summed E-state index contributed by atoms with van der Waals surface area (Å²) in [6, 6.07) is 8.34. The molecule has 0 N–H and O–H groups in total. The lowest BCUT2D eigenvalue weighted by molar-refractivity contribution is 0.0516. The zero-order valence-electron chi connectivity index (χ0n) is 14.2. The van der Waals surface area contributed by atoms with E-state index < -0.39 is 0 Å². The highest BCUT2D eigenvalue weighted by Crippen LogP contribution is 2.36. The Morgan fingerprint density at radius 1 is 1.12 bits per heavy atom. The number of nitrogens with zero attached hydrogens (tertiary/aromatic N) is 2. The number of carbonyl (C=O) groups excluding carboxylic acids is 1. The number of fused-ring (bicyclic) bond motifs is 1. The standard InChI is InChI=1S/C20H24N2OS/c1-14-6-8-16(9-7-14)19-21-18(13-24-19)20(23)22-11-10-15-4-2-3-5-17(15)12-22/h6-9,13,15,17H,2-5,10-12H2,1H3/t15-,17+/m1/s1. The summed E-state index contributed by atoms with van der Waals surface area (Å²) in [5.41, 5.74) is 2.95. The minimum Gasteiger partial charge on any atom is -0.337 e. The van der Waals surface area contributed by atoms with Gasteiger partial charge in [-0.1, -0.05) is 49.1 Å². The van der Waals surface area contributed by atoms with E-state index in [0.29, 0.717) is 11.6 Å². The molecule has 2 fully saturated rings. The van der Waals surface area contributed by atoms with Crippen LogP contribution < -0.4 is 0 Å². The smallest absolute Gasteiger partial charge is 0.273 e. The minimum atomic E-state index is 0.119. The van der Waals surface area contributed by atoms with Gasteiger partial charge in [0.1, 0.15) is 10.7 Å². The van der Waals surface area contributed by atoms with E-state index in [0.717, 1.165) is 29.6 Å². The summed E-state index contributed by atoms with van der Waals surface area (Å²) in [4.78, 5) is 19.5. The van der Waals surface area contributed by atoms with Crippen LogP contribution in [0.1, 0.15) is 48.2 Å². The number of amides is 1. The van der Waals surface area contributed by atoms with Crippen molar-refractivity contribution in [2.24, 2.45) is 11.8 Å². The van der Waals surface area contributed by atoms with Crippen LogP contribution in [0.4, 0.5) is 0 Å². The van der Waals surface area contributed by atoms with Crippen LogP contribution in [0, 0.1) is 18.8 Å². The van der Waals surface area contributed by atoms with Crippen molar-refractivity contribution in [2.45, 2.75) is 39.0 Å². The van der Waals surface area contributed by atoms with Crippen molar-refractivity contribution in [1.82, 2.24) is 9.88 Å². The van der Waals surface area contributed by atoms with Gasteiger partial charge >= 0.3 is 0 Å². The zero-order chi connectivity index (χ0) is 16.5. The Kier molecular flexibility index (Phi) is 4.40. The first-order chi connectivity index (χ1) is 11.7. The van der Waals surface area contributed by atoms with E-state index in [4.69, 9.17) is 0 Å². The van der Waals surface area contributed by atoms with Gasteiger partial charge in [-0.3, -0.25) is 4.79 Å². The summed E-state index contributed by atoms with van der Waals surface area (Å²) in [5, 5.41) is 2.86. The van der Waals surface area contributed by atoms with Gasteiger partial charge in [0.25, 0.3) is 5.91 Å². The molecule has 1 amide bonds. The second-order valence-electron chi connectivity index (χ2n) is 7.25. The van der Waals surface area contributed by atoms with Crippen LogP contribution in [0.3, 0.4) is 0 Å². The largest absolute Gasteiger partial charge is 0.337 e. The molecule has 0 bridgehead atoms. The van der Waals surface area contributed by atoms with Crippen LogP contribution in [0.25, 0.3) is 10.6 Å². The lowest BCUT2D eigenvalue weighted by Gasteiger charge is -2.41. The molecule has 24 heavy (non-hydrogen) atoms. The molecule has 1 aromatic carbocycles. The third kappa shape index (κ3) is 3.12. The van der Waals surface area contributed by atoms with Crippen LogP contribution >= 0.6 is 11.3 Å². The maximum Gasteiger partial charge on any atom is 0.273 e. The third-order valence-corrected chi connectivity index (χ3v) is 6.49. The van der Waals surface area contributed by atoms with Gasteiger partial charge in [0.15, 0.2) is 0 Å². The minimum absolute atomic E-state index is 0.119. The third-order valence-electron chi connectivity index (χ3n) is 5.60. The predicted molar refractivity (Wildman–Crippen MR) is 98.3 cm³/mol. The maximum atomic E-state index is 12.8. The van der Waals surface area contributed by atoms with Gasteiger partial charge in [0.2, 0.25) is 0 Å². The number of piperidine rings is 1. The summed E-state index contributed by atoms with van der Waals surface area (Å²) >= 11 is 1.56. The first kappa shape index (κ1) is 15.8. The topological polar surface area (TPSA) is 33.2 Å². The fourth-order valence-electron chi connectivity index (χ4n) is 4.15. The van der Waals surface area contributed by atoms with Gasteiger partial charge in [-0.15, -0.1) is 11.3 Å². The van der Waals surface area contributed by atoms with E-state index in [9.17, 15) is 4.79 Å². The first-order valence-electron chi connectivity index (χ1n) is 9.02. The maximum absolute atomic E-state index is 12.8. The number of aryl methyl sites for hydroxylation is 1.